The molecule has 0 aliphatic rings. The van der Waals surface area contributed by atoms with Gasteiger partial charge in [0.2, 0.25) is 0 Å². The molecule has 0 bridgehead atoms. The van der Waals surface area contributed by atoms with Gasteiger partial charge in [0.05, 0.1) is 11.1 Å². The van der Waals surface area contributed by atoms with Gasteiger partial charge in [0.15, 0.2) is 11.3 Å². The minimum absolute atomic E-state index is 0.146. The molecule has 0 saturated carbocycles. The van der Waals surface area contributed by atoms with Crippen LogP contribution in [0.5, 0.6) is 0 Å². The van der Waals surface area contributed by atoms with E-state index in [4.69, 9.17) is 0 Å². The van der Waals surface area contributed by atoms with Crippen LogP contribution in [0, 0.1) is 0 Å². The number of hydrogen-bond acceptors (Lipinski definition) is 3. The van der Waals surface area contributed by atoms with E-state index in [2.05, 4.69) is 15.1 Å². The van der Waals surface area contributed by atoms with Gasteiger partial charge in [-0.05, 0) is 12.1 Å². The molecule has 1 N–H and O–H groups in total. The molecule has 3 aromatic heterocycles. The normalized spacial score (nSPS) is 11.2. The molecule has 4 aromatic rings. The lowest BCUT2D eigenvalue weighted by atomic mass is 10.1. The van der Waals surface area contributed by atoms with Gasteiger partial charge in [-0.2, -0.15) is 4.52 Å². The molecule has 0 unspecified atom stereocenters. The Morgan fingerprint density at radius 3 is 2.75 bits per heavy atom. The van der Waals surface area contributed by atoms with Gasteiger partial charge in [-0.1, -0.05) is 30.3 Å². The molecule has 1 aromatic carbocycles. The van der Waals surface area contributed by atoms with E-state index in [1.54, 1.807) is 6.20 Å². The van der Waals surface area contributed by atoms with Gasteiger partial charge in [0.1, 0.15) is 0 Å². The molecular weight excluding hydrogens is 252 g/mol. The van der Waals surface area contributed by atoms with Gasteiger partial charge in [-0.15, -0.1) is 0 Å². The highest BCUT2D eigenvalue weighted by atomic mass is 16.1. The molecule has 20 heavy (non-hydrogen) atoms. The second-order valence-corrected chi connectivity index (χ2v) is 4.52. The van der Waals surface area contributed by atoms with Gasteiger partial charge >= 0.3 is 0 Å². The summed E-state index contributed by atoms with van der Waals surface area (Å²) in [6, 6.07) is 14.9. The molecule has 5 heteroatoms. The average Bonchev–Trinajstić information content (AvgIpc) is 2.88. The number of H-pyrrole nitrogens is 1. The van der Waals surface area contributed by atoms with E-state index >= 15 is 0 Å². The van der Waals surface area contributed by atoms with E-state index in [9.17, 15) is 4.79 Å². The van der Waals surface area contributed by atoms with Crippen LogP contribution >= 0.6 is 0 Å². The average molecular weight is 262 g/mol. The van der Waals surface area contributed by atoms with Crippen LogP contribution in [-0.4, -0.2) is 19.6 Å². The van der Waals surface area contributed by atoms with E-state index in [1.807, 2.05) is 42.5 Å². The number of aromatic nitrogens is 4. The summed E-state index contributed by atoms with van der Waals surface area (Å²) in [4.78, 5) is 21.0. The Hall–Kier alpha value is -2.95. The third kappa shape index (κ3) is 1.53. The van der Waals surface area contributed by atoms with Crippen molar-refractivity contribution in [2.24, 2.45) is 0 Å². The highest BCUT2D eigenvalue weighted by molar-refractivity contribution is 5.89. The van der Waals surface area contributed by atoms with Crippen molar-refractivity contribution in [3.63, 3.8) is 0 Å². The fourth-order valence-corrected chi connectivity index (χ4v) is 2.31. The van der Waals surface area contributed by atoms with Gasteiger partial charge in [0.25, 0.3) is 5.56 Å². The maximum absolute atomic E-state index is 12.2. The minimum Gasteiger partial charge on any atom is -0.272 e. The van der Waals surface area contributed by atoms with Crippen molar-refractivity contribution < 1.29 is 0 Å². The number of fused-ring (bicyclic) bond motifs is 3. The van der Waals surface area contributed by atoms with Gasteiger partial charge in [-0.3, -0.25) is 9.89 Å². The second-order valence-electron chi connectivity index (χ2n) is 4.52. The quantitative estimate of drug-likeness (QED) is 0.572. The van der Waals surface area contributed by atoms with Crippen molar-refractivity contribution in [1.82, 2.24) is 19.6 Å². The van der Waals surface area contributed by atoms with Crippen LogP contribution in [0.3, 0.4) is 0 Å². The molecule has 0 radical (unpaired) electrons. The molecule has 96 valence electrons. The Kier molecular flexibility index (Phi) is 2.20. The first kappa shape index (κ1) is 10.9. The van der Waals surface area contributed by atoms with Crippen molar-refractivity contribution in [2.75, 3.05) is 0 Å². The summed E-state index contributed by atoms with van der Waals surface area (Å²) in [6.45, 7) is 0. The molecule has 3 heterocycles. The van der Waals surface area contributed by atoms with Crippen molar-refractivity contribution in [2.45, 2.75) is 0 Å². The van der Waals surface area contributed by atoms with Crippen LogP contribution in [0.1, 0.15) is 0 Å². The Morgan fingerprint density at radius 1 is 1.05 bits per heavy atom. The third-order valence-corrected chi connectivity index (χ3v) is 3.25. The minimum atomic E-state index is -0.146. The molecule has 4 rings (SSSR count). The largest absolute Gasteiger partial charge is 0.273 e. The van der Waals surface area contributed by atoms with Crippen molar-refractivity contribution >= 4 is 16.7 Å². The van der Waals surface area contributed by atoms with Gasteiger partial charge < -0.3 is 0 Å². The zero-order valence-electron chi connectivity index (χ0n) is 10.4. The topological polar surface area (TPSA) is 63.0 Å². The van der Waals surface area contributed by atoms with Gasteiger partial charge in [-0.25, -0.2) is 9.97 Å². The molecule has 0 amide bonds. The Bertz CT molecular complexity index is 969. The summed E-state index contributed by atoms with van der Waals surface area (Å²) in [7, 11) is 0. The summed E-state index contributed by atoms with van der Waals surface area (Å²) in [6.07, 6.45) is 1.68. The van der Waals surface area contributed by atoms with E-state index in [1.165, 1.54) is 10.6 Å². The first-order valence-electron chi connectivity index (χ1n) is 6.25. The number of aromatic amines is 1. The fourth-order valence-electron chi connectivity index (χ4n) is 2.31. The monoisotopic (exact) mass is 262 g/mol. The molecule has 0 aliphatic heterocycles. The predicted octanol–water partition coefficient (Wildman–Crippen LogP) is 2.24. The predicted molar refractivity (Wildman–Crippen MR) is 76.5 cm³/mol. The highest BCUT2D eigenvalue weighted by Gasteiger charge is 2.10. The number of pyridine rings is 1. The maximum atomic E-state index is 12.2. The van der Waals surface area contributed by atoms with Crippen LogP contribution in [0.2, 0.25) is 0 Å². The van der Waals surface area contributed by atoms with Crippen LogP contribution in [-0.2, 0) is 0 Å². The maximum Gasteiger partial charge on any atom is 0.273 e. The summed E-state index contributed by atoms with van der Waals surface area (Å²) in [5.41, 5.74) is 2.69. The first-order chi connectivity index (χ1) is 9.83. The molecular formula is C15H10N4O. The van der Waals surface area contributed by atoms with Crippen molar-refractivity contribution in [1.29, 1.82) is 0 Å². The zero-order valence-corrected chi connectivity index (χ0v) is 10.4. The highest BCUT2D eigenvalue weighted by Crippen LogP contribution is 2.19. The SMILES string of the molecule is O=c1cc(-c2ccccc2)nc2c3cccnc3[nH]n12. The van der Waals surface area contributed by atoms with E-state index in [-0.39, 0.29) is 5.56 Å². The second kappa shape index (κ2) is 4.03. The molecule has 0 fully saturated rings. The lowest BCUT2D eigenvalue weighted by Gasteiger charge is -2.00. The molecule has 0 spiro atoms. The lowest BCUT2D eigenvalue weighted by Crippen LogP contribution is -2.14. The number of nitrogens with zero attached hydrogens (tertiary/aromatic N) is 3. The summed E-state index contributed by atoms with van der Waals surface area (Å²) in [5.74, 6) is 0. The smallest absolute Gasteiger partial charge is 0.272 e. The van der Waals surface area contributed by atoms with Crippen LogP contribution < -0.4 is 5.56 Å². The molecule has 0 aliphatic carbocycles. The fraction of sp³-hybridized carbons (Fsp3) is 0. The summed E-state index contributed by atoms with van der Waals surface area (Å²) < 4.78 is 1.42. The number of benzene rings is 1. The van der Waals surface area contributed by atoms with E-state index < -0.39 is 0 Å². The first-order valence-corrected chi connectivity index (χ1v) is 6.25. The molecule has 0 saturated heterocycles. The standard InChI is InChI=1S/C15H10N4O/c20-13-9-12(10-5-2-1-3-6-10)17-15-11-7-4-8-16-14(11)18-19(13)15/h1-9H,(H,16,18). The van der Waals surface area contributed by atoms with Crippen LogP contribution in [0.25, 0.3) is 27.9 Å². The summed E-state index contributed by atoms with van der Waals surface area (Å²) in [5, 5.41) is 3.79. The van der Waals surface area contributed by atoms with Crippen LogP contribution in [0.15, 0.2) is 59.5 Å². The zero-order chi connectivity index (χ0) is 13.5. The van der Waals surface area contributed by atoms with Crippen LogP contribution in [0.4, 0.5) is 0 Å². The Morgan fingerprint density at radius 2 is 1.90 bits per heavy atom. The number of nitrogens with one attached hydrogen (secondary N) is 1. The molecule has 5 nitrogen and oxygen atoms in total. The molecule has 0 atom stereocenters. The van der Waals surface area contributed by atoms with Gasteiger partial charge in [0, 0.05) is 17.8 Å². The Balaban J connectivity index is 2.11. The number of rotatable bonds is 1. The number of hydrogen-bond donors (Lipinski definition) is 1. The van der Waals surface area contributed by atoms with E-state index in [0.717, 1.165) is 10.9 Å². The third-order valence-electron chi connectivity index (χ3n) is 3.25. The van der Waals surface area contributed by atoms with Crippen molar-refractivity contribution in [3.8, 4) is 11.3 Å². The lowest BCUT2D eigenvalue weighted by molar-refractivity contribution is 0.909. The van der Waals surface area contributed by atoms with Crippen molar-refractivity contribution in [3.05, 3.63) is 65.1 Å². The van der Waals surface area contributed by atoms with E-state index in [0.29, 0.717) is 17.0 Å². The summed E-state index contributed by atoms with van der Waals surface area (Å²) >= 11 is 0. The Labute approximate surface area is 113 Å².